The van der Waals surface area contributed by atoms with Gasteiger partial charge in [-0.05, 0) is 105 Å². The number of likely N-dealkylation sites (tertiary alicyclic amines) is 1. The highest BCUT2D eigenvalue weighted by Gasteiger charge is 2.85. The van der Waals surface area contributed by atoms with E-state index in [0.717, 1.165) is 55.7 Å². The topological polar surface area (TPSA) is 92.8 Å². The number of alkyl halides is 9. The van der Waals surface area contributed by atoms with E-state index in [1.807, 2.05) is 20.9 Å². The zero-order valence-electron chi connectivity index (χ0n) is 34.2. The fourth-order valence-electron chi connectivity index (χ4n) is 10.2. The number of hydrogen-bond donors (Lipinski definition) is 1. The van der Waals surface area contributed by atoms with E-state index < -0.39 is 55.8 Å². The highest BCUT2D eigenvalue weighted by Crippen LogP contribution is 2.62. The van der Waals surface area contributed by atoms with Crippen LogP contribution in [0.4, 0.5) is 44.3 Å². The molecule has 5 rings (SSSR count). The number of fused-ring (bicyclic) bond motifs is 5. The molecular weight excluding hydrogens is 801 g/mol. The molecule has 1 saturated heterocycles. The minimum absolute atomic E-state index is 0.173. The second-order valence-electron chi connectivity index (χ2n) is 16.8. The number of likely N-dealkylation sites (N-methyl/N-ethyl adjacent to an activating group) is 3. The smallest absolute Gasteiger partial charge is 0.435 e. The first-order valence-corrected chi connectivity index (χ1v) is 20.3. The lowest BCUT2D eigenvalue weighted by Gasteiger charge is -2.52. The number of amides is 2. The predicted octanol–water partition coefficient (Wildman–Crippen LogP) is 5.23. The zero-order chi connectivity index (χ0) is 43.6. The average molecular weight is 856 g/mol. The highest BCUT2D eigenvalue weighted by molar-refractivity contribution is 6.85. The van der Waals surface area contributed by atoms with E-state index >= 15 is 0 Å². The molecular formula is C38H55B2F9N4O6. The Kier molecular flexibility index (Phi) is 14.9. The summed E-state index contributed by atoms with van der Waals surface area (Å²) < 4.78 is 140. The van der Waals surface area contributed by atoms with Crippen molar-refractivity contribution in [2.45, 2.75) is 107 Å². The maximum atomic E-state index is 13.4. The quantitative estimate of drug-likeness (QED) is 0.138. The van der Waals surface area contributed by atoms with Gasteiger partial charge in [0.15, 0.2) is 0 Å². The van der Waals surface area contributed by atoms with Gasteiger partial charge in [0.05, 0.1) is 32.5 Å². The maximum Gasteiger partial charge on any atom is 0.435 e. The number of ether oxygens (including phenoxy) is 3. The van der Waals surface area contributed by atoms with Crippen LogP contribution >= 0.6 is 0 Å². The molecule has 5 unspecified atom stereocenters. The fourth-order valence-corrected chi connectivity index (χ4v) is 10.2. The number of aryl methyl sites for hydroxylation is 1. The van der Waals surface area contributed by atoms with Crippen molar-refractivity contribution in [3.63, 3.8) is 0 Å². The summed E-state index contributed by atoms with van der Waals surface area (Å²) in [5, 5.41) is 2.84. The summed E-state index contributed by atoms with van der Waals surface area (Å²) >= 11 is 0. The van der Waals surface area contributed by atoms with Gasteiger partial charge in [-0.2, -0.15) is 39.5 Å². The van der Waals surface area contributed by atoms with E-state index in [9.17, 15) is 49.1 Å². The number of rotatable bonds is 16. The van der Waals surface area contributed by atoms with Crippen LogP contribution in [0, 0.1) is 17.3 Å². The summed E-state index contributed by atoms with van der Waals surface area (Å²) in [7, 11) is 7.48. The Morgan fingerprint density at radius 2 is 1.68 bits per heavy atom. The first kappa shape index (κ1) is 47.2. The van der Waals surface area contributed by atoms with Crippen LogP contribution in [0.3, 0.4) is 0 Å². The summed E-state index contributed by atoms with van der Waals surface area (Å²) in [6.07, 6.45) is -14.2. The van der Waals surface area contributed by atoms with Gasteiger partial charge in [-0.1, -0.05) is 13.0 Å². The summed E-state index contributed by atoms with van der Waals surface area (Å²) in [6, 6.07) is 6.21. The second kappa shape index (κ2) is 18.6. The Bertz CT molecular complexity index is 1570. The molecule has 1 N–H and O–H groups in total. The number of benzene rings is 1. The minimum atomic E-state index is -6.82. The van der Waals surface area contributed by atoms with Crippen molar-refractivity contribution in [2.75, 3.05) is 67.1 Å². The maximum absolute atomic E-state index is 13.4. The summed E-state index contributed by atoms with van der Waals surface area (Å²) in [5.74, 6) is 1.31. The van der Waals surface area contributed by atoms with Crippen LogP contribution in [0.2, 0.25) is 0 Å². The number of nitrogens with one attached hydrogen (secondary N) is 1. The van der Waals surface area contributed by atoms with Gasteiger partial charge in [-0.15, -0.1) is 0 Å². The largest absolute Gasteiger partial charge is 0.493 e. The molecule has 332 valence electrons. The van der Waals surface area contributed by atoms with Crippen molar-refractivity contribution in [2.24, 2.45) is 17.3 Å². The van der Waals surface area contributed by atoms with Crippen molar-refractivity contribution in [1.82, 2.24) is 20.0 Å². The van der Waals surface area contributed by atoms with Crippen LogP contribution in [-0.4, -0.2) is 151 Å². The Morgan fingerprint density at radius 3 is 2.34 bits per heavy atom. The number of carbonyl (C=O) groups excluding carboxylic acids is 2. The summed E-state index contributed by atoms with van der Waals surface area (Å²) in [4.78, 5) is 30.4. The lowest BCUT2D eigenvalue weighted by molar-refractivity contribution is -0.457. The third-order valence-corrected chi connectivity index (χ3v) is 13.2. The van der Waals surface area contributed by atoms with Crippen molar-refractivity contribution in [3.8, 4) is 5.75 Å². The molecule has 0 radical (unpaired) electrons. The van der Waals surface area contributed by atoms with E-state index in [0.29, 0.717) is 51.1 Å². The van der Waals surface area contributed by atoms with Gasteiger partial charge in [0.2, 0.25) is 13.3 Å². The Labute approximate surface area is 340 Å². The Morgan fingerprint density at radius 1 is 0.983 bits per heavy atom. The Balaban J connectivity index is 1.07. The lowest BCUT2D eigenvalue weighted by atomic mass is 9.55. The van der Waals surface area contributed by atoms with E-state index in [-0.39, 0.29) is 30.2 Å². The van der Waals surface area contributed by atoms with E-state index in [1.165, 1.54) is 18.2 Å². The van der Waals surface area contributed by atoms with Gasteiger partial charge < -0.3 is 29.1 Å². The lowest BCUT2D eigenvalue weighted by Crippen LogP contribution is -2.68. The van der Waals surface area contributed by atoms with Crippen molar-refractivity contribution in [1.29, 1.82) is 0 Å². The van der Waals surface area contributed by atoms with Crippen LogP contribution in [0.15, 0.2) is 18.2 Å². The monoisotopic (exact) mass is 856 g/mol. The first-order chi connectivity index (χ1) is 27.5. The van der Waals surface area contributed by atoms with Gasteiger partial charge in [0.1, 0.15) is 13.5 Å². The number of nitrogens with zero attached hydrogens (tertiary/aromatic N) is 3. The standard InChI is InChI=1S/C38H55B2F9N4O6/c1-34-13-12-28-27-9-7-25(56-15-5-16-57-33(55)50-20-24-19-26(59-40-39)21-52(24)3)18-23(27)6-8-29(28)30(34)10-11-31(34)53(4)32(54)22-51(2)14-17-58-35(36(41,42)43,37(44,45)46)38(47,48)49/h7,9,18,24,26,28-31,40H,5-6,8,10-17,19-22,39H2,1-4H3,(H,50,55)/t24?,26?,28?,29?,30?,31-,34-/m0/s1. The molecule has 1 aliphatic heterocycles. The van der Waals surface area contributed by atoms with Crippen LogP contribution < -0.4 is 10.1 Å². The number of carbonyl (C=O) groups is 2. The zero-order valence-corrected chi connectivity index (χ0v) is 34.2. The molecule has 2 amide bonds. The molecule has 3 fully saturated rings. The van der Waals surface area contributed by atoms with E-state index in [4.69, 9.17) is 14.1 Å². The van der Waals surface area contributed by atoms with Crippen LogP contribution in [0.5, 0.6) is 5.75 Å². The highest BCUT2D eigenvalue weighted by atomic mass is 19.4. The number of halogens is 9. The third kappa shape index (κ3) is 10.1. The third-order valence-electron chi connectivity index (χ3n) is 13.2. The van der Waals surface area contributed by atoms with Crippen molar-refractivity contribution in [3.05, 3.63) is 29.3 Å². The SMILES string of the molecule is BBOC1CC(CNC(=O)OCCCOc2ccc3c(c2)CCC2C3CC[C@@]3(C)C2CC[C@@H]3N(C)C(=O)CN(C)CCOC(C(F)(F)F)(C(F)(F)F)C(F)(F)F)N(C)C1. The molecule has 21 heteroatoms. The number of hydrogen-bond acceptors (Lipinski definition) is 8. The van der Waals surface area contributed by atoms with Gasteiger partial charge in [-0.25, -0.2) is 4.79 Å². The average Bonchev–Trinajstić information content (AvgIpc) is 3.68. The molecule has 7 atom stereocenters. The minimum Gasteiger partial charge on any atom is -0.493 e. The molecule has 10 nitrogen and oxygen atoms in total. The Hall–Kier alpha value is -2.90. The summed E-state index contributed by atoms with van der Waals surface area (Å²) in [6.45, 7) is 1.30. The second-order valence-corrected chi connectivity index (χ2v) is 16.8. The van der Waals surface area contributed by atoms with Crippen molar-refractivity contribution >= 4 is 27.1 Å². The molecule has 0 bridgehead atoms. The first-order valence-electron chi connectivity index (χ1n) is 20.3. The number of alkyl carbamates (subject to hydrolysis) is 1. The van der Waals surface area contributed by atoms with Crippen LogP contribution in [-0.2, 0) is 25.3 Å². The van der Waals surface area contributed by atoms with E-state index in [2.05, 4.69) is 34.0 Å². The molecule has 0 aromatic heterocycles. The van der Waals surface area contributed by atoms with Gasteiger partial charge in [0.25, 0.3) is 0 Å². The van der Waals surface area contributed by atoms with Gasteiger partial charge in [0, 0.05) is 45.2 Å². The summed E-state index contributed by atoms with van der Waals surface area (Å²) in [5.41, 5.74) is -4.06. The molecule has 0 spiro atoms. The molecule has 3 aliphatic carbocycles. The molecule has 59 heavy (non-hydrogen) atoms. The van der Waals surface area contributed by atoms with Gasteiger partial charge in [-0.3, -0.25) is 14.6 Å². The molecule has 1 heterocycles. The predicted molar refractivity (Wildman–Crippen MR) is 203 cm³/mol. The fraction of sp³-hybridized carbons (Fsp3) is 0.789. The van der Waals surface area contributed by atoms with E-state index in [1.54, 1.807) is 11.9 Å². The molecule has 1 aromatic carbocycles. The molecule has 4 aliphatic rings. The normalized spacial score (nSPS) is 27.5. The van der Waals surface area contributed by atoms with Gasteiger partial charge >= 0.3 is 30.2 Å². The van der Waals surface area contributed by atoms with Crippen molar-refractivity contribution < 1.29 is 68.0 Å². The molecule has 1 aromatic rings. The van der Waals surface area contributed by atoms with Crippen LogP contribution in [0.1, 0.15) is 68.9 Å². The molecule has 2 saturated carbocycles. The van der Waals surface area contributed by atoms with Crippen LogP contribution in [0.25, 0.3) is 0 Å².